The van der Waals surface area contributed by atoms with Gasteiger partial charge in [-0.25, -0.2) is 4.79 Å². The fourth-order valence-corrected chi connectivity index (χ4v) is 3.03. The molecule has 2 fully saturated rings. The van der Waals surface area contributed by atoms with Crippen LogP contribution in [-0.2, 0) is 23.7 Å². The van der Waals surface area contributed by atoms with Gasteiger partial charge in [-0.05, 0) is 32.9 Å². The lowest BCUT2D eigenvalue weighted by Gasteiger charge is -2.39. The number of ether oxygens (including phenoxy) is 5. The number of carbonyl (C=O) groups is 1. The van der Waals surface area contributed by atoms with Gasteiger partial charge in [0.1, 0.15) is 12.2 Å². The number of benzene rings is 1. The van der Waals surface area contributed by atoms with E-state index in [4.69, 9.17) is 23.7 Å². The first-order valence-electron chi connectivity index (χ1n) is 7.71. The molecule has 0 aromatic heterocycles. The summed E-state index contributed by atoms with van der Waals surface area (Å²) < 4.78 is 28.6. The van der Waals surface area contributed by atoms with Gasteiger partial charge < -0.3 is 23.7 Å². The van der Waals surface area contributed by atoms with E-state index in [1.807, 2.05) is 26.8 Å². The van der Waals surface area contributed by atoms with Crippen LogP contribution in [0.3, 0.4) is 0 Å². The Balaban J connectivity index is 1.79. The molecule has 2 aliphatic rings. The van der Waals surface area contributed by atoms with Crippen LogP contribution in [-0.4, -0.2) is 49.6 Å². The molecule has 5 atom stereocenters. The van der Waals surface area contributed by atoms with Crippen molar-refractivity contribution >= 4 is 5.97 Å². The molecule has 6 nitrogen and oxygen atoms in total. The van der Waals surface area contributed by atoms with Crippen LogP contribution < -0.4 is 0 Å². The van der Waals surface area contributed by atoms with E-state index in [9.17, 15) is 4.79 Å². The van der Waals surface area contributed by atoms with E-state index in [1.54, 1.807) is 31.4 Å². The highest BCUT2D eigenvalue weighted by Gasteiger charge is 2.56. The van der Waals surface area contributed by atoms with Gasteiger partial charge in [0.2, 0.25) is 0 Å². The Kier molecular flexibility index (Phi) is 4.42. The zero-order valence-electron chi connectivity index (χ0n) is 13.7. The normalized spacial score (nSPS) is 35.6. The van der Waals surface area contributed by atoms with Gasteiger partial charge in [-0.1, -0.05) is 18.2 Å². The summed E-state index contributed by atoms with van der Waals surface area (Å²) in [4.78, 5) is 12.4. The van der Waals surface area contributed by atoms with E-state index in [0.717, 1.165) is 0 Å². The average Bonchev–Trinajstić information content (AvgIpc) is 2.86. The predicted molar refractivity (Wildman–Crippen MR) is 80.8 cm³/mol. The second kappa shape index (κ2) is 6.20. The number of hydrogen-bond acceptors (Lipinski definition) is 6. The van der Waals surface area contributed by atoms with Crippen molar-refractivity contribution < 1.29 is 28.5 Å². The van der Waals surface area contributed by atoms with Gasteiger partial charge in [0, 0.05) is 7.11 Å². The van der Waals surface area contributed by atoms with Crippen molar-refractivity contribution in [2.75, 3.05) is 7.11 Å². The lowest BCUT2D eigenvalue weighted by atomic mass is 9.99. The van der Waals surface area contributed by atoms with Gasteiger partial charge >= 0.3 is 5.97 Å². The molecule has 0 amide bonds. The van der Waals surface area contributed by atoms with Crippen molar-refractivity contribution in [3.63, 3.8) is 0 Å². The summed E-state index contributed by atoms with van der Waals surface area (Å²) in [5, 5.41) is 0. The summed E-state index contributed by atoms with van der Waals surface area (Å²) in [7, 11) is 1.55. The van der Waals surface area contributed by atoms with Crippen LogP contribution in [0.25, 0.3) is 0 Å². The molecule has 2 saturated heterocycles. The zero-order chi connectivity index (χ0) is 16.6. The van der Waals surface area contributed by atoms with Crippen LogP contribution in [0.5, 0.6) is 0 Å². The summed E-state index contributed by atoms with van der Waals surface area (Å²) in [6.45, 7) is 5.47. The molecule has 23 heavy (non-hydrogen) atoms. The van der Waals surface area contributed by atoms with E-state index in [2.05, 4.69) is 0 Å². The third-order valence-corrected chi connectivity index (χ3v) is 4.05. The highest BCUT2D eigenvalue weighted by Crippen LogP contribution is 2.38. The van der Waals surface area contributed by atoms with Crippen LogP contribution >= 0.6 is 0 Å². The molecule has 0 aliphatic carbocycles. The number of methoxy groups -OCH3 is 1. The molecule has 0 radical (unpaired) electrons. The lowest BCUT2D eigenvalue weighted by Crippen LogP contribution is -2.57. The lowest BCUT2D eigenvalue weighted by molar-refractivity contribution is -0.262. The number of rotatable bonds is 3. The Hall–Kier alpha value is -1.47. The monoisotopic (exact) mass is 322 g/mol. The molecule has 2 aliphatic heterocycles. The van der Waals surface area contributed by atoms with Gasteiger partial charge in [-0.3, -0.25) is 0 Å². The molecule has 1 aromatic rings. The molecule has 3 rings (SSSR count). The summed E-state index contributed by atoms with van der Waals surface area (Å²) in [5.74, 6) is -1.19. The molecular formula is C17H22O6. The molecule has 5 unspecified atom stereocenters. The summed E-state index contributed by atoms with van der Waals surface area (Å²) in [6.07, 6.45) is -2.37. The largest absolute Gasteiger partial charge is 0.453 e. The van der Waals surface area contributed by atoms with Crippen molar-refractivity contribution in [3.8, 4) is 0 Å². The summed E-state index contributed by atoms with van der Waals surface area (Å²) in [5.41, 5.74) is 0.489. The second-order valence-corrected chi connectivity index (χ2v) is 6.25. The highest BCUT2D eigenvalue weighted by atomic mass is 16.8. The fraction of sp³-hybridized carbons (Fsp3) is 0.588. The molecule has 0 spiro atoms. The van der Waals surface area contributed by atoms with Crippen molar-refractivity contribution in [2.24, 2.45) is 0 Å². The smallest absolute Gasteiger partial charge is 0.338 e. The SMILES string of the molecule is COC1OC(C)C(OC(=O)c2ccccc2)C2OC(C)(C)OC12. The van der Waals surface area contributed by atoms with E-state index in [0.29, 0.717) is 5.56 Å². The van der Waals surface area contributed by atoms with Gasteiger partial charge in [0.25, 0.3) is 0 Å². The van der Waals surface area contributed by atoms with Gasteiger partial charge in [0.05, 0.1) is 11.7 Å². The standard InChI is InChI=1S/C17H22O6/c1-10-12(21-15(18)11-8-6-5-7-9-11)13-14(16(19-4)20-10)23-17(2,3)22-13/h5-10,12-14,16H,1-4H3. The molecule has 0 bridgehead atoms. The number of hydrogen-bond donors (Lipinski definition) is 0. The highest BCUT2D eigenvalue weighted by molar-refractivity contribution is 5.89. The van der Waals surface area contributed by atoms with Crippen LogP contribution in [0.2, 0.25) is 0 Å². The van der Waals surface area contributed by atoms with Crippen molar-refractivity contribution in [1.82, 2.24) is 0 Å². The number of esters is 1. The molecule has 0 N–H and O–H groups in total. The van der Waals surface area contributed by atoms with Crippen LogP contribution in [0.4, 0.5) is 0 Å². The Morgan fingerprint density at radius 3 is 2.43 bits per heavy atom. The van der Waals surface area contributed by atoms with Crippen LogP contribution in [0, 0.1) is 0 Å². The molecule has 2 heterocycles. The van der Waals surface area contributed by atoms with Crippen molar-refractivity contribution in [2.45, 2.75) is 57.3 Å². The molecule has 1 aromatic carbocycles. The molecule has 126 valence electrons. The van der Waals surface area contributed by atoms with Gasteiger partial charge in [0.15, 0.2) is 18.2 Å². The Bertz CT molecular complexity index is 557. The van der Waals surface area contributed by atoms with E-state index >= 15 is 0 Å². The van der Waals surface area contributed by atoms with E-state index in [1.165, 1.54) is 0 Å². The fourth-order valence-electron chi connectivity index (χ4n) is 3.03. The third-order valence-electron chi connectivity index (χ3n) is 4.05. The third kappa shape index (κ3) is 3.26. The Morgan fingerprint density at radius 2 is 1.78 bits per heavy atom. The van der Waals surface area contributed by atoms with Crippen LogP contribution in [0.15, 0.2) is 30.3 Å². The molecular weight excluding hydrogens is 300 g/mol. The van der Waals surface area contributed by atoms with Gasteiger partial charge in [-0.2, -0.15) is 0 Å². The summed E-state index contributed by atoms with van der Waals surface area (Å²) >= 11 is 0. The molecule has 6 heteroatoms. The maximum absolute atomic E-state index is 12.4. The minimum atomic E-state index is -0.781. The Morgan fingerprint density at radius 1 is 1.13 bits per heavy atom. The maximum Gasteiger partial charge on any atom is 0.338 e. The topological polar surface area (TPSA) is 63.2 Å². The summed E-state index contributed by atoms with van der Waals surface area (Å²) in [6, 6.07) is 8.85. The maximum atomic E-state index is 12.4. The Labute approximate surface area is 135 Å². The first-order chi connectivity index (χ1) is 10.9. The quantitative estimate of drug-likeness (QED) is 0.794. The van der Waals surface area contributed by atoms with Crippen molar-refractivity contribution in [3.05, 3.63) is 35.9 Å². The number of fused-ring (bicyclic) bond motifs is 1. The minimum Gasteiger partial charge on any atom is -0.453 e. The first kappa shape index (κ1) is 16.4. The van der Waals surface area contributed by atoms with Crippen molar-refractivity contribution in [1.29, 1.82) is 0 Å². The van der Waals surface area contributed by atoms with E-state index in [-0.39, 0.29) is 6.10 Å². The van der Waals surface area contributed by atoms with E-state index < -0.39 is 36.4 Å². The predicted octanol–water partition coefficient (Wildman–Crippen LogP) is 2.12. The van der Waals surface area contributed by atoms with Crippen LogP contribution in [0.1, 0.15) is 31.1 Å². The van der Waals surface area contributed by atoms with Gasteiger partial charge in [-0.15, -0.1) is 0 Å². The molecule has 0 saturated carbocycles. The number of carbonyl (C=O) groups excluding carboxylic acids is 1. The minimum absolute atomic E-state index is 0.369. The first-order valence-corrected chi connectivity index (χ1v) is 7.71. The zero-order valence-corrected chi connectivity index (χ0v) is 13.7. The second-order valence-electron chi connectivity index (χ2n) is 6.25. The average molecular weight is 322 g/mol.